The Morgan fingerprint density at radius 3 is 2.35 bits per heavy atom. The molecule has 3 amide bonds. The molecular weight excluding hydrogens is 502 g/mol. The fraction of sp³-hybridized carbons (Fsp3) is 0.500. The molecule has 3 rings (SSSR count). The average molecular weight is 535 g/mol. The lowest BCUT2D eigenvalue weighted by Gasteiger charge is -2.30. The van der Waals surface area contributed by atoms with Gasteiger partial charge < -0.3 is 16.0 Å². The van der Waals surface area contributed by atoms with Crippen LogP contribution in [0.25, 0.3) is 0 Å². The first-order chi connectivity index (χ1) is 17.6. The molecule has 1 saturated carbocycles. The van der Waals surface area contributed by atoms with E-state index in [0.29, 0.717) is 5.01 Å². The fourth-order valence-electron chi connectivity index (χ4n) is 4.17. The average Bonchev–Trinajstić information content (AvgIpc) is 3.39. The summed E-state index contributed by atoms with van der Waals surface area (Å²) in [5.74, 6) is -6.48. The summed E-state index contributed by atoms with van der Waals surface area (Å²) >= 11 is 1.33. The van der Waals surface area contributed by atoms with Crippen LogP contribution in [0.2, 0.25) is 0 Å². The molecule has 0 saturated heterocycles. The van der Waals surface area contributed by atoms with Crippen LogP contribution in [0, 0.1) is 11.8 Å². The quantitative estimate of drug-likeness (QED) is 0.383. The van der Waals surface area contributed by atoms with E-state index in [1.165, 1.54) is 11.3 Å². The molecule has 3 N–H and O–H groups in total. The molecule has 2 atom stereocenters. The van der Waals surface area contributed by atoms with Gasteiger partial charge in [-0.1, -0.05) is 44.2 Å². The summed E-state index contributed by atoms with van der Waals surface area (Å²) in [4.78, 5) is 55.8. The van der Waals surface area contributed by atoms with Crippen LogP contribution in [-0.4, -0.2) is 46.5 Å². The lowest BCUT2D eigenvalue weighted by atomic mass is 9.86. The Hall–Kier alpha value is -3.21. The Labute approximate surface area is 218 Å². The number of nitrogens with one attached hydrogen (secondary N) is 3. The summed E-state index contributed by atoms with van der Waals surface area (Å²) in [6, 6.07) is 6.77. The van der Waals surface area contributed by atoms with Gasteiger partial charge in [0.05, 0.1) is 6.54 Å². The predicted molar refractivity (Wildman–Crippen MR) is 135 cm³/mol. The number of hydrogen-bond donors (Lipinski definition) is 3. The molecule has 1 aromatic carbocycles. The number of carbonyl (C=O) groups excluding carboxylic acids is 4. The number of Topliss-reactive ketones (excluding diaryl/α,β-unsaturated/α-hetero) is 1. The maximum Gasteiger partial charge on any atom is 0.289 e. The van der Waals surface area contributed by atoms with Gasteiger partial charge in [-0.15, -0.1) is 11.3 Å². The number of halogens is 2. The minimum absolute atomic E-state index is 0.0413. The lowest BCUT2D eigenvalue weighted by Crippen LogP contribution is -2.56. The highest BCUT2D eigenvalue weighted by molar-refractivity contribution is 7.09. The van der Waals surface area contributed by atoms with Gasteiger partial charge in [-0.2, -0.15) is 0 Å². The minimum Gasteiger partial charge on any atom is -0.344 e. The Kier molecular flexibility index (Phi) is 9.85. The normalized spacial score (nSPS) is 17.0. The van der Waals surface area contributed by atoms with Gasteiger partial charge in [0, 0.05) is 36.8 Å². The van der Waals surface area contributed by atoms with E-state index >= 15 is 0 Å². The molecule has 8 nitrogen and oxygen atoms in total. The first-order valence-corrected chi connectivity index (χ1v) is 13.2. The zero-order chi connectivity index (χ0) is 27.0. The van der Waals surface area contributed by atoms with Crippen molar-refractivity contribution in [1.82, 2.24) is 20.9 Å². The van der Waals surface area contributed by atoms with Crippen molar-refractivity contribution in [3.05, 3.63) is 52.5 Å². The molecule has 0 bridgehead atoms. The molecule has 0 spiro atoms. The number of carbonyl (C=O) groups is 4. The summed E-state index contributed by atoms with van der Waals surface area (Å²) in [7, 11) is 0. The molecule has 0 radical (unpaired) electrons. The van der Waals surface area contributed by atoms with Crippen molar-refractivity contribution >= 4 is 34.8 Å². The Balaban J connectivity index is 1.69. The van der Waals surface area contributed by atoms with E-state index in [9.17, 15) is 28.0 Å². The second-order valence-corrected chi connectivity index (χ2v) is 10.6. The van der Waals surface area contributed by atoms with Crippen LogP contribution in [0.3, 0.4) is 0 Å². The van der Waals surface area contributed by atoms with Gasteiger partial charge in [0.1, 0.15) is 17.1 Å². The highest BCUT2D eigenvalue weighted by atomic mass is 32.1. The molecule has 0 unspecified atom stereocenters. The van der Waals surface area contributed by atoms with Crippen LogP contribution in [-0.2, 0) is 32.1 Å². The maximum absolute atomic E-state index is 13.5. The smallest absolute Gasteiger partial charge is 0.289 e. The molecule has 1 fully saturated rings. The number of hydrogen-bond acceptors (Lipinski definition) is 6. The van der Waals surface area contributed by atoms with Crippen LogP contribution in [0.4, 0.5) is 8.78 Å². The molecule has 1 aromatic heterocycles. The third-order valence-electron chi connectivity index (χ3n) is 6.36. The van der Waals surface area contributed by atoms with Crippen molar-refractivity contribution < 1.29 is 28.0 Å². The second kappa shape index (κ2) is 12.8. The van der Waals surface area contributed by atoms with Gasteiger partial charge in [-0.3, -0.25) is 19.2 Å². The highest BCUT2D eigenvalue weighted by Gasteiger charge is 2.39. The van der Waals surface area contributed by atoms with Crippen molar-refractivity contribution in [1.29, 1.82) is 0 Å². The van der Waals surface area contributed by atoms with E-state index in [2.05, 4.69) is 20.9 Å². The third-order valence-corrected chi connectivity index (χ3v) is 7.14. The van der Waals surface area contributed by atoms with Gasteiger partial charge in [-0.05, 0) is 24.3 Å². The molecule has 11 heteroatoms. The lowest BCUT2D eigenvalue weighted by molar-refractivity contribution is -0.141. The van der Waals surface area contributed by atoms with Crippen molar-refractivity contribution in [3.63, 3.8) is 0 Å². The first kappa shape index (κ1) is 28.4. The Morgan fingerprint density at radius 2 is 1.76 bits per heavy atom. The van der Waals surface area contributed by atoms with Crippen molar-refractivity contribution in [3.8, 4) is 0 Å². The van der Waals surface area contributed by atoms with E-state index in [1.807, 2.05) is 6.07 Å². The molecule has 1 heterocycles. The number of alkyl halides is 2. The van der Waals surface area contributed by atoms with Crippen LogP contribution >= 0.6 is 11.3 Å². The standard InChI is InChI=1S/C26H32F2N4O4S/c1-16(2)21(32-23(34)18-8-10-26(27,28)11-9-18)24(35)31-19(14-17-6-4-3-5-7-17)22(33)25(36)30-15-20-29-12-13-37-20/h3-7,12-13,16,18-19,21H,8-11,14-15H2,1-2H3,(H,30,36)(H,31,35)(H,32,34)/t19-,21-/m1/s1. The molecule has 2 aromatic rings. The molecular formula is C26H32F2N4O4S. The van der Waals surface area contributed by atoms with Crippen LogP contribution in [0.15, 0.2) is 41.9 Å². The number of amides is 3. The molecule has 1 aliphatic rings. The molecule has 1 aliphatic carbocycles. The Bertz CT molecular complexity index is 1070. The SMILES string of the molecule is CC(C)[C@@H](NC(=O)C1CCC(F)(F)CC1)C(=O)N[C@H](Cc1ccccc1)C(=O)C(=O)NCc1nccs1. The van der Waals surface area contributed by atoms with E-state index in [-0.39, 0.29) is 44.6 Å². The van der Waals surface area contributed by atoms with Gasteiger partial charge in [0.2, 0.25) is 23.5 Å². The highest BCUT2D eigenvalue weighted by Crippen LogP contribution is 2.36. The van der Waals surface area contributed by atoms with Crippen molar-refractivity contribution in [2.75, 3.05) is 0 Å². The minimum atomic E-state index is -2.77. The molecule has 0 aliphatic heterocycles. The number of ketones is 1. The van der Waals surface area contributed by atoms with Crippen LogP contribution < -0.4 is 16.0 Å². The summed E-state index contributed by atoms with van der Waals surface area (Å²) < 4.78 is 27.0. The summed E-state index contributed by atoms with van der Waals surface area (Å²) in [6.45, 7) is 3.54. The second-order valence-electron chi connectivity index (χ2n) is 9.58. The molecule has 200 valence electrons. The number of thiazole rings is 1. The molecule has 37 heavy (non-hydrogen) atoms. The van der Waals surface area contributed by atoms with Crippen molar-refractivity contribution in [2.45, 2.75) is 70.5 Å². The summed E-state index contributed by atoms with van der Waals surface area (Å²) in [5, 5.41) is 10.2. The van der Waals surface area contributed by atoms with Gasteiger partial charge in [0.15, 0.2) is 0 Å². The monoisotopic (exact) mass is 534 g/mol. The van der Waals surface area contributed by atoms with E-state index in [1.54, 1.807) is 49.7 Å². The number of aromatic nitrogens is 1. The topological polar surface area (TPSA) is 117 Å². The van der Waals surface area contributed by atoms with E-state index in [4.69, 9.17) is 0 Å². The number of benzene rings is 1. The Morgan fingerprint density at radius 1 is 1.08 bits per heavy atom. The summed E-state index contributed by atoms with van der Waals surface area (Å²) in [5.41, 5.74) is 0.738. The van der Waals surface area contributed by atoms with E-state index < -0.39 is 47.4 Å². The predicted octanol–water partition coefficient (Wildman–Crippen LogP) is 3.02. The van der Waals surface area contributed by atoms with Gasteiger partial charge in [-0.25, -0.2) is 13.8 Å². The van der Waals surface area contributed by atoms with Crippen LogP contribution in [0.5, 0.6) is 0 Å². The summed E-state index contributed by atoms with van der Waals surface area (Å²) in [6.07, 6.45) is 1.01. The maximum atomic E-state index is 13.5. The van der Waals surface area contributed by atoms with E-state index in [0.717, 1.165) is 5.56 Å². The largest absolute Gasteiger partial charge is 0.344 e. The van der Waals surface area contributed by atoms with Crippen molar-refractivity contribution in [2.24, 2.45) is 11.8 Å². The zero-order valence-electron chi connectivity index (χ0n) is 20.8. The number of nitrogens with zero attached hydrogens (tertiary/aromatic N) is 1. The van der Waals surface area contributed by atoms with Gasteiger partial charge in [0.25, 0.3) is 5.91 Å². The fourth-order valence-corrected chi connectivity index (χ4v) is 4.73. The van der Waals surface area contributed by atoms with Gasteiger partial charge >= 0.3 is 0 Å². The first-order valence-electron chi connectivity index (χ1n) is 12.3. The van der Waals surface area contributed by atoms with Crippen LogP contribution in [0.1, 0.15) is 50.1 Å². The third kappa shape index (κ3) is 8.41. The zero-order valence-corrected chi connectivity index (χ0v) is 21.7. The number of rotatable bonds is 11.